The fourth-order valence-corrected chi connectivity index (χ4v) is 1.97. The number of alkyl halides is 6. The molecule has 1 N–H and O–H groups in total. The Morgan fingerprint density at radius 2 is 1.17 bits per heavy atom. The van der Waals surface area contributed by atoms with Crippen LogP contribution < -0.4 is 0 Å². The molecule has 0 aromatic heterocycles. The van der Waals surface area contributed by atoms with Crippen LogP contribution in [0.1, 0.15) is 46.0 Å². The summed E-state index contributed by atoms with van der Waals surface area (Å²) in [4.78, 5) is 0. The van der Waals surface area contributed by atoms with E-state index in [1.807, 2.05) is 0 Å². The standard InChI is InChI=1S/C11H18F6O/c1-3-5-8(6-4-2)7-9(18,10(12,13)14)11(15,16)17/h8,18H,3-7H2,1-2H3. The Bertz CT molecular complexity index is 225. The van der Waals surface area contributed by atoms with Gasteiger partial charge in [0.05, 0.1) is 0 Å². The lowest BCUT2D eigenvalue weighted by Gasteiger charge is -2.35. The Morgan fingerprint density at radius 1 is 0.833 bits per heavy atom. The first-order valence-corrected chi connectivity index (χ1v) is 5.85. The second-order valence-electron chi connectivity index (χ2n) is 4.50. The van der Waals surface area contributed by atoms with Crippen molar-refractivity contribution in [3.8, 4) is 0 Å². The molecule has 0 saturated carbocycles. The summed E-state index contributed by atoms with van der Waals surface area (Å²) in [6.45, 7) is 3.37. The minimum absolute atomic E-state index is 0.238. The number of aliphatic hydroxyl groups is 1. The van der Waals surface area contributed by atoms with Gasteiger partial charge in [-0.2, -0.15) is 26.3 Å². The third kappa shape index (κ3) is 4.03. The van der Waals surface area contributed by atoms with Gasteiger partial charge in [0.2, 0.25) is 0 Å². The summed E-state index contributed by atoms with van der Waals surface area (Å²) in [7, 11) is 0. The molecule has 0 unspecified atom stereocenters. The van der Waals surface area contributed by atoms with E-state index in [1.165, 1.54) is 0 Å². The molecule has 0 aliphatic heterocycles. The van der Waals surface area contributed by atoms with E-state index in [9.17, 15) is 26.3 Å². The Balaban J connectivity index is 5.11. The van der Waals surface area contributed by atoms with E-state index in [4.69, 9.17) is 5.11 Å². The molecule has 0 aliphatic carbocycles. The molecule has 7 heteroatoms. The third-order valence-corrected chi connectivity index (χ3v) is 2.92. The van der Waals surface area contributed by atoms with E-state index in [2.05, 4.69) is 0 Å². The van der Waals surface area contributed by atoms with Crippen LogP contribution in [0.2, 0.25) is 0 Å². The fraction of sp³-hybridized carbons (Fsp3) is 1.00. The predicted octanol–water partition coefficient (Wildman–Crippen LogP) is 4.45. The molecule has 0 atom stereocenters. The quantitative estimate of drug-likeness (QED) is 0.713. The zero-order chi connectivity index (χ0) is 14.6. The van der Waals surface area contributed by atoms with Crippen molar-refractivity contribution in [1.82, 2.24) is 0 Å². The van der Waals surface area contributed by atoms with Crippen molar-refractivity contribution < 1.29 is 31.4 Å². The molecule has 0 amide bonds. The van der Waals surface area contributed by atoms with Gasteiger partial charge in [-0.05, 0) is 12.3 Å². The highest BCUT2D eigenvalue weighted by atomic mass is 19.4. The van der Waals surface area contributed by atoms with Crippen molar-refractivity contribution in [3.05, 3.63) is 0 Å². The molecule has 0 heterocycles. The summed E-state index contributed by atoms with van der Waals surface area (Å²) >= 11 is 0. The van der Waals surface area contributed by atoms with Crippen LogP contribution in [0.15, 0.2) is 0 Å². The zero-order valence-electron chi connectivity index (χ0n) is 10.3. The molecule has 0 aliphatic rings. The SMILES string of the molecule is CCCC(CCC)CC(O)(C(F)(F)F)C(F)(F)F. The molecule has 0 spiro atoms. The highest BCUT2D eigenvalue weighted by Gasteiger charge is 2.70. The van der Waals surface area contributed by atoms with Crippen LogP contribution in [-0.2, 0) is 0 Å². The van der Waals surface area contributed by atoms with Crippen LogP contribution in [0.5, 0.6) is 0 Å². The lowest BCUT2D eigenvalue weighted by atomic mass is 9.84. The topological polar surface area (TPSA) is 20.2 Å². The Morgan fingerprint density at radius 3 is 1.39 bits per heavy atom. The van der Waals surface area contributed by atoms with Crippen molar-refractivity contribution in [2.24, 2.45) is 5.92 Å². The maximum Gasteiger partial charge on any atom is 0.426 e. The Labute approximate surface area is 102 Å². The van der Waals surface area contributed by atoms with Crippen molar-refractivity contribution in [1.29, 1.82) is 0 Å². The predicted molar refractivity (Wildman–Crippen MR) is 55.0 cm³/mol. The first-order chi connectivity index (χ1) is 7.99. The van der Waals surface area contributed by atoms with Gasteiger partial charge in [0.15, 0.2) is 0 Å². The molecule has 0 fully saturated rings. The van der Waals surface area contributed by atoms with Crippen molar-refractivity contribution in [3.63, 3.8) is 0 Å². The Kier molecular flexibility index (Phi) is 5.97. The maximum absolute atomic E-state index is 12.5. The van der Waals surface area contributed by atoms with E-state index in [0.717, 1.165) is 0 Å². The van der Waals surface area contributed by atoms with Gasteiger partial charge in [0.1, 0.15) is 0 Å². The van der Waals surface area contributed by atoms with E-state index in [-0.39, 0.29) is 12.8 Å². The molecule has 110 valence electrons. The smallest absolute Gasteiger partial charge is 0.374 e. The van der Waals surface area contributed by atoms with Gasteiger partial charge in [-0.25, -0.2) is 0 Å². The number of hydrogen-bond acceptors (Lipinski definition) is 1. The van der Waals surface area contributed by atoms with Gasteiger partial charge in [0.25, 0.3) is 5.60 Å². The van der Waals surface area contributed by atoms with Crippen LogP contribution in [0.25, 0.3) is 0 Å². The van der Waals surface area contributed by atoms with Gasteiger partial charge in [-0.3, -0.25) is 0 Å². The lowest BCUT2D eigenvalue weighted by molar-refractivity contribution is -0.372. The highest BCUT2D eigenvalue weighted by Crippen LogP contribution is 2.47. The molecule has 0 rings (SSSR count). The molecule has 0 bridgehead atoms. The van der Waals surface area contributed by atoms with E-state index in [0.29, 0.717) is 12.8 Å². The van der Waals surface area contributed by atoms with Crippen LogP contribution in [0, 0.1) is 5.92 Å². The second kappa shape index (κ2) is 6.12. The average Bonchev–Trinajstić information content (AvgIpc) is 2.14. The van der Waals surface area contributed by atoms with Crippen molar-refractivity contribution in [2.45, 2.75) is 63.9 Å². The second-order valence-corrected chi connectivity index (χ2v) is 4.50. The maximum atomic E-state index is 12.5. The minimum atomic E-state index is -5.70. The number of rotatable bonds is 6. The molecule has 0 saturated heterocycles. The van der Waals surface area contributed by atoms with Crippen LogP contribution in [0.4, 0.5) is 26.3 Å². The van der Waals surface area contributed by atoms with E-state index >= 15 is 0 Å². The summed E-state index contributed by atoms with van der Waals surface area (Å²) < 4.78 is 74.8. The van der Waals surface area contributed by atoms with Crippen molar-refractivity contribution >= 4 is 0 Å². The molecule has 0 aromatic rings. The lowest BCUT2D eigenvalue weighted by Crippen LogP contribution is -2.57. The fourth-order valence-electron chi connectivity index (χ4n) is 1.97. The van der Waals surface area contributed by atoms with Gasteiger partial charge >= 0.3 is 12.4 Å². The first-order valence-electron chi connectivity index (χ1n) is 5.85. The summed E-state index contributed by atoms with van der Waals surface area (Å²) in [6.07, 6.45) is -11.3. The molecule has 0 radical (unpaired) electrons. The number of hydrogen-bond donors (Lipinski definition) is 1. The van der Waals surface area contributed by atoms with Gasteiger partial charge in [-0.1, -0.05) is 39.5 Å². The highest BCUT2D eigenvalue weighted by molar-refractivity contribution is 4.95. The monoisotopic (exact) mass is 280 g/mol. The molecule has 18 heavy (non-hydrogen) atoms. The number of halogens is 6. The van der Waals surface area contributed by atoms with E-state index in [1.54, 1.807) is 13.8 Å². The summed E-state index contributed by atoms with van der Waals surface area (Å²) in [6, 6.07) is 0. The third-order valence-electron chi connectivity index (χ3n) is 2.92. The summed E-state index contributed by atoms with van der Waals surface area (Å²) in [5.41, 5.74) is -4.60. The minimum Gasteiger partial charge on any atom is -0.374 e. The van der Waals surface area contributed by atoms with Crippen LogP contribution in [-0.4, -0.2) is 23.1 Å². The van der Waals surface area contributed by atoms with Crippen molar-refractivity contribution in [2.75, 3.05) is 0 Å². The average molecular weight is 280 g/mol. The normalized spacial score (nSPS) is 14.3. The zero-order valence-corrected chi connectivity index (χ0v) is 10.3. The first kappa shape index (κ1) is 17.5. The largest absolute Gasteiger partial charge is 0.426 e. The van der Waals surface area contributed by atoms with E-state index < -0.39 is 30.3 Å². The summed E-state index contributed by atoms with van der Waals surface area (Å²) in [5, 5.41) is 9.06. The molecule has 0 aromatic carbocycles. The summed E-state index contributed by atoms with van der Waals surface area (Å²) in [5.74, 6) is -0.784. The van der Waals surface area contributed by atoms with Gasteiger partial charge in [0, 0.05) is 0 Å². The van der Waals surface area contributed by atoms with Gasteiger partial charge in [-0.15, -0.1) is 0 Å². The molecular formula is C11H18F6O. The van der Waals surface area contributed by atoms with Crippen LogP contribution in [0.3, 0.4) is 0 Å². The molecule has 1 nitrogen and oxygen atoms in total. The van der Waals surface area contributed by atoms with Crippen LogP contribution >= 0.6 is 0 Å². The van der Waals surface area contributed by atoms with Gasteiger partial charge < -0.3 is 5.11 Å². The molecular weight excluding hydrogens is 262 g/mol. The Hall–Kier alpha value is -0.460.